The van der Waals surface area contributed by atoms with Gasteiger partial charge in [-0.25, -0.2) is 4.39 Å². The lowest BCUT2D eigenvalue weighted by Crippen LogP contribution is -2.22. The van der Waals surface area contributed by atoms with Crippen LogP contribution in [-0.4, -0.2) is 5.91 Å². The van der Waals surface area contributed by atoms with Gasteiger partial charge in [-0.1, -0.05) is 29.8 Å². The Hall–Kier alpha value is -2.88. The number of amides is 1. The third kappa shape index (κ3) is 3.66. The Balaban J connectivity index is 1.66. The molecule has 3 aromatic rings. The monoisotopic (exact) mass is 309 g/mol. The fourth-order valence-electron chi connectivity index (χ4n) is 2.20. The van der Waals surface area contributed by atoms with E-state index in [1.165, 1.54) is 17.7 Å². The zero-order chi connectivity index (χ0) is 16.2. The normalized spacial score (nSPS) is 10.5. The lowest BCUT2D eigenvalue weighted by molar-refractivity contribution is 0.0924. The minimum absolute atomic E-state index is 0.233. The van der Waals surface area contributed by atoms with Gasteiger partial charge >= 0.3 is 0 Å². The average Bonchev–Trinajstić information content (AvgIpc) is 3.05. The van der Waals surface area contributed by atoms with Gasteiger partial charge in [0, 0.05) is 12.1 Å². The number of aryl methyl sites for hydroxylation is 1. The molecular weight excluding hydrogens is 293 g/mol. The van der Waals surface area contributed by atoms with Crippen LogP contribution in [0.3, 0.4) is 0 Å². The van der Waals surface area contributed by atoms with Crippen LogP contribution in [-0.2, 0) is 6.54 Å². The maximum absolute atomic E-state index is 12.9. The highest BCUT2D eigenvalue weighted by Gasteiger charge is 2.12. The molecule has 0 aliphatic heterocycles. The molecule has 3 nitrogen and oxygen atoms in total. The smallest absolute Gasteiger partial charge is 0.287 e. The highest BCUT2D eigenvalue weighted by Crippen LogP contribution is 2.22. The molecule has 3 rings (SSSR count). The molecule has 0 radical (unpaired) electrons. The molecule has 1 amide bonds. The lowest BCUT2D eigenvalue weighted by atomic mass is 10.1. The SMILES string of the molecule is Cc1ccc(CNC(=O)c2ccc(-c3ccc(F)cc3)o2)cc1. The molecule has 0 unspecified atom stereocenters. The minimum atomic E-state index is -0.309. The summed E-state index contributed by atoms with van der Waals surface area (Å²) in [5, 5.41) is 2.82. The van der Waals surface area contributed by atoms with Crippen molar-refractivity contribution in [1.29, 1.82) is 0 Å². The average molecular weight is 309 g/mol. The van der Waals surface area contributed by atoms with Crippen molar-refractivity contribution in [3.63, 3.8) is 0 Å². The summed E-state index contributed by atoms with van der Waals surface area (Å²) < 4.78 is 18.5. The number of hydrogen-bond acceptors (Lipinski definition) is 2. The van der Waals surface area contributed by atoms with Gasteiger partial charge in [-0.2, -0.15) is 0 Å². The molecule has 0 saturated heterocycles. The molecule has 1 N–H and O–H groups in total. The van der Waals surface area contributed by atoms with Crippen LogP contribution in [0.1, 0.15) is 21.7 Å². The largest absolute Gasteiger partial charge is 0.451 e. The van der Waals surface area contributed by atoms with Crippen LogP contribution in [0.25, 0.3) is 11.3 Å². The Kier molecular flexibility index (Phi) is 4.24. The first-order valence-corrected chi connectivity index (χ1v) is 7.31. The summed E-state index contributed by atoms with van der Waals surface area (Å²) in [7, 11) is 0. The zero-order valence-electron chi connectivity index (χ0n) is 12.7. The Morgan fingerprint density at radius 3 is 2.39 bits per heavy atom. The van der Waals surface area contributed by atoms with Gasteiger partial charge in [-0.15, -0.1) is 0 Å². The molecule has 0 spiro atoms. The first kappa shape index (κ1) is 15.0. The summed E-state index contributed by atoms with van der Waals surface area (Å²) in [6.45, 7) is 2.45. The van der Waals surface area contributed by atoms with Gasteiger partial charge < -0.3 is 9.73 Å². The molecule has 0 fully saturated rings. The van der Waals surface area contributed by atoms with Crippen LogP contribution in [0.4, 0.5) is 4.39 Å². The molecule has 0 bridgehead atoms. The summed E-state index contributed by atoms with van der Waals surface area (Å²) >= 11 is 0. The van der Waals surface area contributed by atoms with Crippen LogP contribution < -0.4 is 5.32 Å². The molecule has 0 aliphatic carbocycles. The molecule has 2 aromatic carbocycles. The van der Waals surface area contributed by atoms with Gasteiger partial charge in [0.2, 0.25) is 0 Å². The van der Waals surface area contributed by atoms with Crippen molar-refractivity contribution < 1.29 is 13.6 Å². The first-order valence-electron chi connectivity index (χ1n) is 7.31. The van der Waals surface area contributed by atoms with Crippen molar-refractivity contribution >= 4 is 5.91 Å². The molecule has 116 valence electrons. The number of nitrogens with one attached hydrogen (secondary N) is 1. The summed E-state index contributed by atoms with van der Waals surface area (Å²) in [6.07, 6.45) is 0. The summed E-state index contributed by atoms with van der Waals surface area (Å²) in [4.78, 5) is 12.1. The van der Waals surface area contributed by atoms with E-state index in [9.17, 15) is 9.18 Å². The van der Waals surface area contributed by atoms with Gasteiger partial charge in [0.1, 0.15) is 11.6 Å². The van der Waals surface area contributed by atoms with E-state index in [0.717, 1.165) is 11.1 Å². The number of carbonyl (C=O) groups is 1. The molecular formula is C19H16FNO2. The maximum atomic E-state index is 12.9. The quantitative estimate of drug-likeness (QED) is 0.779. The number of benzene rings is 2. The zero-order valence-corrected chi connectivity index (χ0v) is 12.7. The number of hydrogen-bond donors (Lipinski definition) is 1. The number of carbonyl (C=O) groups excluding carboxylic acids is 1. The lowest BCUT2D eigenvalue weighted by Gasteiger charge is -2.04. The molecule has 23 heavy (non-hydrogen) atoms. The minimum Gasteiger partial charge on any atom is -0.451 e. The highest BCUT2D eigenvalue weighted by molar-refractivity contribution is 5.92. The second kappa shape index (κ2) is 6.48. The van der Waals surface area contributed by atoms with Gasteiger partial charge in [-0.3, -0.25) is 4.79 Å². The van der Waals surface area contributed by atoms with E-state index in [2.05, 4.69) is 5.32 Å². The van der Waals surface area contributed by atoms with E-state index in [1.54, 1.807) is 24.3 Å². The maximum Gasteiger partial charge on any atom is 0.287 e. The summed E-state index contributed by atoms with van der Waals surface area (Å²) in [5.74, 6) is 0.178. The number of rotatable bonds is 4. The van der Waals surface area contributed by atoms with Gasteiger partial charge in [-0.05, 0) is 48.9 Å². The Bertz CT molecular complexity index is 804. The predicted octanol–water partition coefficient (Wildman–Crippen LogP) is 4.32. The molecule has 1 heterocycles. The van der Waals surface area contributed by atoms with Crippen LogP contribution >= 0.6 is 0 Å². The Morgan fingerprint density at radius 1 is 1.00 bits per heavy atom. The predicted molar refractivity (Wildman–Crippen MR) is 86.5 cm³/mol. The fourth-order valence-corrected chi connectivity index (χ4v) is 2.20. The second-order valence-corrected chi connectivity index (χ2v) is 5.34. The fraction of sp³-hybridized carbons (Fsp3) is 0.105. The van der Waals surface area contributed by atoms with Crippen molar-refractivity contribution in [1.82, 2.24) is 5.32 Å². The number of halogens is 1. The Morgan fingerprint density at radius 2 is 1.70 bits per heavy atom. The van der Waals surface area contributed by atoms with Crippen LogP contribution in [0.5, 0.6) is 0 Å². The van der Waals surface area contributed by atoms with E-state index < -0.39 is 0 Å². The van der Waals surface area contributed by atoms with Gasteiger partial charge in [0.15, 0.2) is 5.76 Å². The highest BCUT2D eigenvalue weighted by atomic mass is 19.1. The van der Waals surface area contributed by atoms with E-state index in [4.69, 9.17) is 4.42 Å². The number of furan rings is 1. The second-order valence-electron chi connectivity index (χ2n) is 5.34. The molecule has 0 atom stereocenters. The standard InChI is InChI=1S/C19H16FNO2/c1-13-2-4-14(5-3-13)12-21-19(22)18-11-10-17(23-18)15-6-8-16(20)9-7-15/h2-11H,12H2,1H3,(H,21,22). The Labute approximate surface area is 133 Å². The van der Waals surface area contributed by atoms with Gasteiger partial charge in [0.25, 0.3) is 5.91 Å². The van der Waals surface area contributed by atoms with Crippen molar-refractivity contribution in [3.05, 3.63) is 83.4 Å². The van der Waals surface area contributed by atoms with Crippen molar-refractivity contribution in [2.45, 2.75) is 13.5 Å². The van der Waals surface area contributed by atoms with Crippen molar-refractivity contribution in [3.8, 4) is 11.3 Å². The summed E-state index contributed by atoms with van der Waals surface area (Å²) in [5.41, 5.74) is 2.92. The van der Waals surface area contributed by atoms with Crippen molar-refractivity contribution in [2.24, 2.45) is 0 Å². The third-order valence-electron chi connectivity index (χ3n) is 3.53. The molecule has 1 aromatic heterocycles. The van der Waals surface area contributed by atoms with Crippen molar-refractivity contribution in [2.75, 3.05) is 0 Å². The van der Waals surface area contributed by atoms with Crippen LogP contribution in [0, 0.1) is 12.7 Å². The molecule has 0 aliphatic rings. The van der Waals surface area contributed by atoms with E-state index in [0.29, 0.717) is 12.3 Å². The van der Waals surface area contributed by atoms with Gasteiger partial charge in [0.05, 0.1) is 0 Å². The topological polar surface area (TPSA) is 42.2 Å². The van der Waals surface area contributed by atoms with Crippen LogP contribution in [0.15, 0.2) is 65.1 Å². The molecule has 0 saturated carbocycles. The van der Waals surface area contributed by atoms with E-state index in [-0.39, 0.29) is 17.5 Å². The molecule has 4 heteroatoms. The van der Waals surface area contributed by atoms with E-state index in [1.807, 2.05) is 31.2 Å². The van der Waals surface area contributed by atoms with Crippen LogP contribution in [0.2, 0.25) is 0 Å². The first-order chi connectivity index (χ1) is 11.1. The van der Waals surface area contributed by atoms with E-state index >= 15 is 0 Å². The summed E-state index contributed by atoms with van der Waals surface area (Å²) in [6, 6.07) is 17.2. The third-order valence-corrected chi connectivity index (χ3v) is 3.53.